The van der Waals surface area contributed by atoms with Crippen LogP contribution < -0.4 is 0 Å². The van der Waals surface area contributed by atoms with Crippen LogP contribution in [0.4, 0.5) is 4.79 Å². The quantitative estimate of drug-likeness (QED) is 0.232. The van der Waals surface area contributed by atoms with Crippen LogP contribution in [0.25, 0.3) is 0 Å². The average Bonchev–Trinajstić information content (AvgIpc) is 1.19. The molecule has 0 amide bonds. The van der Waals surface area contributed by atoms with Gasteiger partial charge < -0.3 is 29.4 Å². The molecule has 0 aromatic rings. The van der Waals surface area contributed by atoms with Crippen LogP contribution in [0, 0.1) is 0 Å². The Morgan fingerprint density at radius 1 is 0.917 bits per heavy atom. The van der Waals surface area contributed by atoms with Gasteiger partial charge in [0.25, 0.3) is 0 Å². The Labute approximate surface area is 112 Å². The van der Waals surface area contributed by atoms with Gasteiger partial charge in [0.1, 0.15) is 0 Å². The van der Waals surface area contributed by atoms with Crippen LogP contribution >= 0.6 is 0 Å². The molecule has 0 unspecified atom stereocenters. The summed E-state index contributed by atoms with van der Waals surface area (Å²) in [5.41, 5.74) is 0. The molecule has 0 aliphatic heterocycles. The van der Waals surface area contributed by atoms with Crippen molar-refractivity contribution in [2.45, 2.75) is 0 Å². The van der Waals surface area contributed by atoms with E-state index in [1.54, 1.807) is 0 Å². The normalized spacial score (nSPS) is 7.00. The van der Waals surface area contributed by atoms with Crippen molar-refractivity contribution in [2.24, 2.45) is 0 Å². The van der Waals surface area contributed by atoms with E-state index in [1.165, 1.54) is 0 Å². The molecular weight excluding hydrogens is 228 g/mol. The fourth-order valence-electron chi connectivity index (χ4n) is 0. The summed E-state index contributed by atoms with van der Waals surface area (Å²) >= 11 is 0. The smallest absolute Gasteiger partial charge is 0.450 e. The summed E-state index contributed by atoms with van der Waals surface area (Å²) in [6.07, 6.45) is -1.83. The molecule has 0 heterocycles. The second-order valence-corrected chi connectivity index (χ2v) is 2.08. The van der Waals surface area contributed by atoms with Gasteiger partial charge in [0.15, 0.2) is 17.4 Å². The molecule has 0 aromatic carbocycles. The molecule has 0 aromatic heterocycles. The first kappa shape index (κ1) is 29.2. The molecule has 0 atom stereocenters. The maximum Gasteiger partial charge on any atom is 0.668 e. The molecule has 0 saturated heterocycles. The van der Waals surface area contributed by atoms with E-state index in [9.17, 15) is 0 Å². The maximum atomic E-state index is 8.56. The molecule has 0 radical (unpaired) electrons. The molecule has 11 heteroatoms. The standard InChI is InChI=1S/CH2O3.Al.2Mg.H4O4Si.7H/c2-1(3)4;;;;1-5(2,3)4;;;;;;;/h(H2,2,3,4);;;;1-4H;;;;;;;. The molecule has 70 valence electrons. The summed E-state index contributed by atoms with van der Waals surface area (Å²) in [6.45, 7) is 0. The predicted octanol–water partition coefficient (Wildman–Crippen LogP) is -5.40. The molecule has 0 saturated carbocycles. The summed E-state index contributed by atoms with van der Waals surface area (Å²) in [6, 6.07) is 0. The van der Waals surface area contributed by atoms with E-state index < -0.39 is 15.2 Å². The third-order valence-electron chi connectivity index (χ3n) is 0. The largest absolute Gasteiger partial charge is 0.668 e. The van der Waals surface area contributed by atoms with E-state index in [0.717, 1.165) is 0 Å². The van der Waals surface area contributed by atoms with E-state index in [2.05, 4.69) is 0 Å². The van der Waals surface area contributed by atoms with Crippen LogP contribution in [0.5, 0.6) is 0 Å². The highest BCUT2D eigenvalue weighted by molar-refractivity contribution is 6.46. The summed E-state index contributed by atoms with van der Waals surface area (Å²) in [5, 5.41) is 13.9. The Kier molecular flexibility index (Phi) is 36.2. The second-order valence-electron chi connectivity index (χ2n) is 0.883. The predicted molar refractivity (Wildman–Crippen MR) is 52.3 cm³/mol. The monoisotopic (exact) mass is 240 g/mol. The van der Waals surface area contributed by atoms with E-state index >= 15 is 0 Å². The highest BCUT2D eigenvalue weighted by Crippen LogP contribution is 1.67. The maximum absolute atomic E-state index is 8.56. The molecule has 7 nitrogen and oxygen atoms in total. The first-order valence-electron chi connectivity index (χ1n) is 1.55. The van der Waals surface area contributed by atoms with Crippen molar-refractivity contribution in [2.75, 3.05) is 0 Å². The molecular formula is CH13AlMg2O7Si. The topological polar surface area (TPSA) is 138 Å². The zero-order valence-corrected chi connectivity index (χ0v) is 5.09. The lowest BCUT2D eigenvalue weighted by Gasteiger charge is -1.91. The molecule has 12 heavy (non-hydrogen) atoms. The summed E-state index contributed by atoms with van der Waals surface area (Å²) in [5.74, 6) is 0. The Morgan fingerprint density at radius 2 is 0.917 bits per heavy atom. The van der Waals surface area contributed by atoms with Gasteiger partial charge in [0.2, 0.25) is 0 Å². The van der Waals surface area contributed by atoms with Crippen LogP contribution in [0.1, 0.15) is 0 Å². The lowest BCUT2D eigenvalue weighted by molar-refractivity contribution is 0.117. The van der Waals surface area contributed by atoms with Crippen LogP contribution in [-0.2, 0) is 0 Å². The second kappa shape index (κ2) is 14.9. The van der Waals surface area contributed by atoms with Gasteiger partial charge in [-0.15, -0.1) is 0 Å². The molecule has 0 rings (SSSR count). The van der Waals surface area contributed by atoms with Gasteiger partial charge in [-0.2, -0.15) is 0 Å². The number of carboxylic acid groups (broad SMARTS) is 2. The van der Waals surface area contributed by atoms with Crippen LogP contribution in [0.3, 0.4) is 0 Å². The Hall–Kier alpha value is 1.39. The molecule has 0 aliphatic rings. The number of rotatable bonds is 0. The Balaban J connectivity index is -0.0000000221. The van der Waals surface area contributed by atoms with Gasteiger partial charge >= 0.3 is 61.3 Å². The van der Waals surface area contributed by atoms with Gasteiger partial charge in [0, 0.05) is 0 Å². The fourth-order valence-corrected chi connectivity index (χ4v) is 0. The SMILES string of the molecule is O=C(O)O.O[Si](O)(O)O.[AlH3].[MgH2].[MgH2]. The van der Waals surface area contributed by atoms with Crippen molar-refractivity contribution in [3.63, 3.8) is 0 Å². The van der Waals surface area contributed by atoms with Crippen molar-refractivity contribution < 1.29 is 34.2 Å². The minimum Gasteiger partial charge on any atom is -0.450 e. The molecule has 6 N–H and O–H groups in total. The molecule has 0 spiro atoms. The first-order chi connectivity index (χ1) is 3.73. The lowest BCUT2D eigenvalue weighted by Crippen LogP contribution is -2.33. The number of carbonyl (C=O) groups is 1. The summed E-state index contributed by atoms with van der Waals surface area (Å²) in [7, 11) is -4.61. The van der Waals surface area contributed by atoms with Gasteiger partial charge in [-0.05, 0) is 0 Å². The minimum atomic E-state index is -4.61. The summed E-state index contributed by atoms with van der Waals surface area (Å²) in [4.78, 5) is 37.9. The Bertz CT molecular complexity index is 83.9. The van der Waals surface area contributed by atoms with Gasteiger partial charge in [-0.25, -0.2) is 4.79 Å². The summed E-state index contributed by atoms with van der Waals surface area (Å²) < 4.78 is 0. The van der Waals surface area contributed by atoms with Gasteiger partial charge in [-0.1, -0.05) is 0 Å². The van der Waals surface area contributed by atoms with E-state index in [-0.39, 0.29) is 63.5 Å². The van der Waals surface area contributed by atoms with Crippen LogP contribution in [-0.4, -0.2) is 108 Å². The number of hydrogen-bond acceptors (Lipinski definition) is 5. The van der Waals surface area contributed by atoms with Gasteiger partial charge in [0.05, 0.1) is 0 Å². The number of hydrogen-bond donors (Lipinski definition) is 6. The highest BCUT2D eigenvalue weighted by atomic mass is 28.4. The van der Waals surface area contributed by atoms with Crippen LogP contribution in [0.2, 0.25) is 0 Å². The zero-order chi connectivity index (χ0) is 8.08. The van der Waals surface area contributed by atoms with E-state index in [0.29, 0.717) is 0 Å². The van der Waals surface area contributed by atoms with E-state index in [1.807, 2.05) is 0 Å². The minimum absolute atomic E-state index is 0. The highest BCUT2D eigenvalue weighted by Gasteiger charge is 2.22. The third-order valence-corrected chi connectivity index (χ3v) is 0. The van der Waals surface area contributed by atoms with Crippen molar-refractivity contribution in [3.8, 4) is 0 Å². The van der Waals surface area contributed by atoms with Crippen molar-refractivity contribution in [1.82, 2.24) is 0 Å². The van der Waals surface area contributed by atoms with E-state index in [4.69, 9.17) is 34.2 Å². The van der Waals surface area contributed by atoms with Crippen molar-refractivity contribution in [3.05, 3.63) is 0 Å². The Morgan fingerprint density at radius 3 is 0.917 bits per heavy atom. The lowest BCUT2D eigenvalue weighted by atomic mass is 11.5. The first-order valence-corrected chi connectivity index (χ1v) is 3.33. The molecule has 0 fully saturated rings. The van der Waals surface area contributed by atoms with Crippen LogP contribution in [0.15, 0.2) is 0 Å². The zero-order valence-electron chi connectivity index (χ0n) is 4.09. The van der Waals surface area contributed by atoms with Crippen molar-refractivity contribution >= 4 is 78.7 Å². The average molecular weight is 241 g/mol. The van der Waals surface area contributed by atoms with Crippen molar-refractivity contribution in [1.29, 1.82) is 0 Å². The third kappa shape index (κ3) is 635. The molecule has 0 aliphatic carbocycles. The fraction of sp³-hybridized carbons (Fsp3) is 0. The van der Waals surface area contributed by atoms with Gasteiger partial charge in [-0.3, -0.25) is 0 Å². The molecule has 0 bridgehead atoms.